The minimum absolute atomic E-state index is 0.00196. The minimum Gasteiger partial charge on any atom is -0.383 e. The zero-order valence-electron chi connectivity index (χ0n) is 17.8. The van der Waals surface area contributed by atoms with Gasteiger partial charge < -0.3 is 10.6 Å². The SMILES string of the molecule is C=CC(=O)N1CCC2=C(CCC2n2nc(-c3ccc4c(c3)CCS4)c3c(N)ncnc32)C1. The van der Waals surface area contributed by atoms with Gasteiger partial charge in [-0.15, -0.1) is 11.8 Å². The van der Waals surface area contributed by atoms with Crippen molar-refractivity contribution in [1.29, 1.82) is 0 Å². The van der Waals surface area contributed by atoms with Gasteiger partial charge in [-0.1, -0.05) is 12.6 Å². The average Bonchev–Trinajstić information content (AvgIpc) is 3.54. The normalized spacial score (nSPS) is 20.0. The second kappa shape index (κ2) is 7.48. The van der Waals surface area contributed by atoms with E-state index in [0.29, 0.717) is 18.9 Å². The van der Waals surface area contributed by atoms with Crippen LogP contribution in [0.3, 0.4) is 0 Å². The lowest BCUT2D eigenvalue weighted by Gasteiger charge is -2.29. The summed E-state index contributed by atoms with van der Waals surface area (Å²) in [5.74, 6) is 1.59. The fourth-order valence-electron chi connectivity index (χ4n) is 5.31. The third kappa shape index (κ3) is 2.97. The number of anilines is 1. The van der Waals surface area contributed by atoms with Crippen molar-refractivity contribution in [1.82, 2.24) is 24.6 Å². The van der Waals surface area contributed by atoms with Gasteiger partial charge >= 0.3 is 0 Å². The molecule has 1 aliphatic carbocycles. The van der Waals surface area contributed by atoms with Gasteiger partial charge in [-0.3, -0.25) is 4.79 Å². The van der Waals surface area contributed by atoms with Crippen LogP contribution in [0.2, 0.25) is 0 Å². The number of nitrogens with two attached hydrogens (primary N) is 1. The van der Waals surface area contributed by atoms with Crippen LogP contribution in [0.1, 0.15) is 30.9 Å². The number of rotatable bonds is 3. The van der Waals surface area contributed by atoms with E-state index in [-0.39, 0.29) is 11.9 Å². The van der Waals surface area contributed by atoms with Crippen LogP contribution in [0.4, 0.5) is 5.82 Å². The Morgan fingerprint density at radius 3 is 3.03 bits per heavy atom. The number of amides is 1. The number of aromatic nitrogens is 4. The van der Waals surface area contributed by atoms with Gasteiger partial charge in [0.15, 0.2) is 5.65 Å². The van der Waals surface area contributed by atoms with E-state index in [2.05, 4.69) is 39.4 Å². The molecular formula is C24H24N6OS. The number of hydrogen-bond donors (Lipinski definition) is 1. The quantitative estimate of drug-likeness (QED) is 0.489. The van der Waals surface area contributed by atoms with Crippen LogP contribution < -0.4 is 5.73 Å². The fourth-order valence-corrected chi connectivity index (χ4v) is 6.36. The van der Waals surface area contributed by atoms with Crippen molar-refractivity contribution in [3.05, 3.63) is 53.9 Å². The third-order valence-electron chi connectivity index (χ3n) is 6.87. The molecular weight excluding hydrogens is 420 g/mol. The topological polar surface area (TPSA) is 89.9 Å². The van der Waals surface area contributed by atoms with Crippen LogP contribution in [-0.4, -0.2) is 49.4 Å². The van der Waals surface area contributed by atoms with Crippen LogP contribution in [-0.2, 0) is 11.2 Å². The molecule has 2 aliphatic heterocycles. The Labute approximate surface area is 190 Å². The molecule has 8 heteroatoms. The summed E-state index contributed by atoms with van der Waals surface area (Å²) in [7, 11) is 0. The Morgan fingerprint density at radius 2 is 2.16 bits per heavy atom. The lowest BCUT2D eigenvalue weighted by atomic mass is 10.0. The summed E-state index contributed by atoms with van der Waals surface area (Å²) in [6, 6.07) is 6.71. The lowest BCUT2D eigenvalue weighted by Crippen LogP contribution is -2.35. The first-order valence-corrected chi connectivity index (χ1v) is 12.0. The van der Waals surface area contributed by atoms with Gasteiger partial charge in [-0.25, -0.2) is 14.6 Å². The Bertz CT molecular complexity index is 1310. The Balaban J connectivity index is 1.45. The molecule has 7 nitrogen and oxygen atoms in total. The van der Waals surface area contributed by atoms with Crippen molar-refractivity contribution in [3.63, 3.8) is 0 Å². The number of thioether (sulfide) groups is 1. The van der Waals surface area contributed by atoms with Crippen molar-refractivity contribution in [2.45, 2.75) is 36.6 Å². The maximum atomic E-state index is 12.1. The van der Waals surface area contributed by atoms with Gasteiger partial charge in [0.1, 0.15) is 17.8 Å². The number of nitrogens with zero attached hydrogens (tertiary/aromatic N) is 5. The first-order chi connectivity index (χ1) is 15.6. The van der Waals surface area contributed by atoms with Crippen LogP contribution >= 0.6 is 11.8 Å². The third-order valence-corrected chi connectivity index (χ3v) is 7.99. The molecule has 3 aliphatic rings. The van der Waals surface area contributed by atoms with Crippen molar-refractivity contribution in [2.75, 3.05) is 24.6 Å². The summed E-state index contributed by atoms with van der Waals surface area (Å²) in [6.45, 7) is 5.03. The fraction of sp³-hybridized carbons (Fsp3) is 0.333. The van der Waals surface area contributed by atoms with Gasteiger partial charge in [0, 0.05) is 29.3 Å². The summed E-state index contributed by atoms with van der Waals surface area (Å²) < 4.78 is 2.05. The number of hydrogen-bond acceptors (Lipinski definition) is 6. The van der Waals surface area contributed by atoms with Gasteiger partial charge in [0.05, 0.1) is 11.4 Å². The van der Waals surface area contributed by atoms with E-state index in [1.165, 1.54) is 34.0 Å². The number of carbonyl (C=O) groups excluding carboxylic acids is 1. The molecule has 2 N–H and O–H groups in total. The predicted molar refractivity (Wildman–Crippen MR) is 126 cm³/mol. The summed E-state index contributed by atoms with van der Waals surface area (Å²) in [5.41, 5.74) is 13.1. The molecule has 0 spiro atoms. The predicted octanol–water partition coefficient (Wildman–Crippen LogP) is 3.77. The molecule has 32 heavy (non-hydrogen) atoms. The summed E-state index contributed by atoms with van der Waals surface area (Å²) in [5, 5.41) is 5.91. The Morgan fingerprint density at radius 1 is 1.25 bits per heavy atom. The Kier molecular flexibility index (Phi) is 4.57. The number of nitrogen functional groups attached to an aromatic ring is 1. The van der Waals surface area contributed by atoms with Crippen molar-refractivity contribution < 1.29 is 4.79 Å². The monoisotopic (exact) mass is 444 g/mol. The highest BCUT2D eigenvalue weighted by Crippen LogP contribution is 2.43. The maximum Gasteiger partial charge on any atom is 0.246 e. The number of carbonyl (C=O) groups is 1. The van der Waals surface area contributed by atoms with E-state index in [9.17, 15) is 4.79 Å². The lowest BCUT2D eigenvalue weighted by molar-refractivity contribution is -0.125. The van der Waals surface area contributed by atoms with E-state index < -0.39 is 0 Å². The molecule has 1 unspecified atom stereocenters. The largest absolute Gasteiger partial charge is 0.383 e. The summed E-state index contributed by atoms with van der Waals surface area (Å²) >= 11 is 1.91. The second-order valence-corrected chi connectivity index (χ2v) is 9.71. The smallest absolute Gasteiger partial charge is 0.246 e. The first-order valence-electron chi connectivity index (χ1n) is 11.0. The van der Waals surface area contributed by atoms with E-state index in [1.54, 1.807) is 0 Å². The van der Waals surface area contributed by atoms with Crippen molar-refractivity contribution >= 4 is 34.5 Å². The van der Waals surface area contributed by atoms with E-state index in [1.807, 2.05) is 16.7 Å². The Hall–Kier alpha value is -3.13. The van der Waals surface area contributed by atoms with E-state index in [0.717, 1.165) is 53.7 Å². The molecule has 0 bridgehead atoms. The van der Waals surface area contributed by atoms with Crippen LogP contribution in [0.5, 0.6) is 0 Å². The maximum absolute atomic E-state index is 12.1. The molecule has 162 valence electrons. The molecule has 1 atom stereocenters. The minimum atomic E-state index is 0.00196. The van der Waals surface area contributed by atoms with Crippen molar-refractivity contribution in [3.8, 4) is 11.3 Å². The van der Waals surface area contributed by atoms with Crippen LogP contribution in [0.15, 0.2) is 53.2 Å². The van der Waals surface area contributed by atoms with E-state index in [4.69, 9.17) is 10.8 Å². The standard InChI is InChI=1S/C24H24N6OS/c1-2-20(31)29-9-7-17-16(12-29)3-5-18(17)30-24-21(23(25)26-13-27-24)22(28-30)15-4-6-19-14(11-15)8-10-32-19/h2,4,6,11,13,18H,1,3,5,7-10,12H2,(H2,25,26,27). The average molecular weight is 445 g/mol. The van der Waals surface area contributed by atoms with Gasteiger partial charge in [-0.05, 0) is 60.6 Å². The molecule has 3 aromatic rings. The number of benzene rings is 1. The van der Waals surface area contributed by atoms with Crippen LogP contribution in [0, 0.1) is 0 Å². The highest BCUT2D eigenvalue weighted by Gasteiger charge is 2.34. The number of aryl methyl sites for hydroxylation is 1. The molecule has 6 rings (SSSR count). The van der Waals surface area contributed by atoms with Crippen molar-refractivity contribution in [2.24, 2.45) is 0 Å². The molecule has 1 amide bonds. The zero-order chi connectivity index (χ0) is 21.8. The summed E-state index contributed by atoms with van der Waals surface area (Å²) in [6.07, 6.45) is 6.79. The number of fused-ring (bicyclic) bond motifs is 2. The first kappa shape index (κ1) is 19.5. The van der Waals surface area contributed by atoms with Crippen LogP contribution in [0.25, 0.3) is 22.3 Å². The zero-order valence-corrected chi connectivity index (χ0v) is 18.6. The highest BCUT2D eigenvalue weighted by molar-refractivity contribution is 7.99. The summed E-state index contributed by atoms with van der Waals surface area (Å²) in [4.78, 5) is 24.2. The molecule has 1 aromatic carbocycles. The van der Waals surface area contributed by atoms with Gasteiger partial charge in [0.2, 0.25) is 5.91 Å². The molecule has 0 fully saturated rings. The van der Waals surface area contributed by atoms with Gasteiger partial charge in [0.25, 0.3) is 0 Å². The molecule has 2 aromatic heterocycles. The molecule has 4 heterocycles. The molecule has 0 saturated carbocycles. The molecule has 0 saturated heterocycles. The van der Waals surface area contributed by atoms with E-state index >= 15 is 0 Å². The highest BCUT2D eigenvalue weighted by atomic mass is 32.2. The molecule has 0 radical (unpaired) electrons. The second-order valence-electron chi connectivity index (χ2n) is 8.57. The van der Waals surface area contributed by atoms with Gasteiger partial charge in [-0.2, -0.15) is 5.10 Å².